The molecule has 1 aromatic rings. The molecule has 1 aliphatic heterocycles. The molecular weight excluding hydrogens is 376 g/mol. The van der Waals surface area contributed by atoms with Crippen LogP contribution in [0.2, 0.25) is 5.02 Å². The zero-order valence-electron chi connectivity index (χ0n) is 14.9. The summed E-state index contributed by atoms with van der Waals surface area (Å²) in [4.78, 5) is 25.7. The third-order valence-electron chi connectivity index (χ3n) is 4.30. The number of halogens is 1. The predicted octanol–water partition coefficient (Wildman–Crippen LogP) is 2.11. The van der Waals surface area contributed by atoms with Crippen LogP contribution in [0.25, 0.3) is 6.08 Å². The van der Waals surface area contributed by atoms with Crippen LogP contribution in [0.3, 0.4) is 0 Å². The smallest absolute Gasteiger partial charge is 0.223 e. The fraction of sp³-hybridized carbons (Fsp3) is 0.444. The summed E-state index contributed by atoms with van der Waals surface area (Å²) in [5, 5.41) is 0.642. The average Bonchev–Trinajstić information content (AvgIpc) is 2.60. The van der Waals surface area contributed by atoms with Crippen molar-refractivity contribution in [2.45, 2.75) is 19.8 Å². The Morgan fingerprint density at radius 3 is 2.38 bits per heavy atom. The van der Waals surface area contributed by atoms with Gasteiger partial charge in [-0.1, -0.05) is 29.8 Å². The summed E-state index contributed by atoms with van der Waals surface area (Å²) in [6.45, 7) is 3.22. The van der Waals surface area contributed by atoms with Gasteiger partial charge >= 0.3 is 0 Å². The lowest BCUT2D eigenvalue weighted by molar-refractivity contribution is -0.133. The molecule has 0 atom stereocenters. The molecule has 1 amide bonds. The molecule has 6 nitrogen and oxygen atoms in total. The van der Waals surface area contributed by atoms with E-state index in [-0.39, 0.29) is 24.5 Å². The number of rotatable bonds is 6. The summed E-state index contributed by atoms with van der Waals surface area (Å²) in [6, 6.07) is 5.54. The molecule has 8 heteroatoms. The minimum atomic E-state index is -3.22. The fourth-order valence-corrected chi connectivity index (χ4v) is 3.66. The van der Waals surface area contributed by atoms with E-state index in [2.05, 4.69) is 0 Å². The Labute approximate surface area is 159 Å². The molecule has 1 aromatic carbocycles. The molecule has 0 aromatic heterocycles. The molecule has 0 bridgehead atoms. The number of piperazine rings is 1. The number of allylic oxidation sites excluding steroid dienone is 1. The molecular formula is C18H23ClN2O4S. The van der Waals surface area contributed by atoms with E-state index in [0.717, 1.165) is 17.4 Å². The maximum atomic E-state index is 12.2. The number of nitrogens with zero attached hydrogens (tertiary/aromatic N) is 2. The molecule has 2 rings (SSSR count). The second kappa shape index (κ2) is 8.79. The van der Waals surface area contributed by atoms with Crippen LogP contribution in [-0.4, -0.2) is 61.7 Å². The average molecular weight is 399 g/mol. The monoisotopic (exact) mass is 398 g/mol. The minimum Gasteiger partial charge on any atom is -0.340 e. The van der Waals surface area contributed by atoms with Crippen LogP contribution in [0.15, 0.2) is 24.3 Å². The SMILES string of the molecule is Cc1ccc(/C=C/C(=O)CCC(=O)N2CCN(S(C)(=O)=O)CC2)cc1Cl. The van der Waals surface area contributed by atoms with Gasteiger partial charge in [-0.15, -0.1) is 0 Å². The van der Waals surface area contributed by atoms with Crippen molar-refractivity contribution in [1.29, 1.82) is 0 Å². The number of sulfonamides is 1. The lowest BCUT2D eigenvalue weighted by Crippen LogP contribution is -2.50. The largest absolute Gasteiger partial charge is 0.340 e. The molecule has 0 unspecified atom stereocenters. The van der Waals surface area contributed by atoms with Crippen molar-refractivity contribution in [3.8, 4) is 0 Å². The van der Waals surface area contributed by atoms with Crippen LogP contribution in [0, 0.1) is 6.92 Å². The van der Waals surface area contributed by atoms with Crippen LogP contribution >= 0.6 is 11.6 Å². The van der Waals surface area contributed by atoms with Crippen LogP contribution in [-0.2, 0) is 19.6 Å². The van der Waals surface area contributed by atoms with Crippen molar-refractivity contribution in [1.82, 2.24) is 9.21 Å². The topological polar surface area (TPSA) is 74.8 Å². The third kappa shape index (κ3) is 5.93. The van der Waals surface area contributed by atoms with Crippen molar-refractivity contribution in [3.05, 3.63) is 40.4 Å². The number of carbonyl (C=O) groups excluding carboxylic acids is 2. The molecule has 0 spiro atoms. The summed E-state index contributed by atoms with van der Waals surface area (Å²) in [6.07, 6.45) is 4.55. The summed E-state index contributed by atoms with van der Waals surface area (Å²) in [5.41, 5.74) is 1.80. The maximum Gasteiger partial charge on any atom is 0.223 e. The first-order chi connectivity index (χ1) is 12.2. The standard InChI is InChI=1S/C18H23ClN2O4S/c1-14-3-4-15(13-17(14)19)5-6-16(22)7-8-18(23)20-9-11-21(12-10-20)26(2,24)25/h3-6,13H,7-12H2,1-2H3/b6-5+. The number of carbonyl (C=O) groups is 2. The van der Waals surface area contributed by atoms with Crippen molar-refractivity contribution in [3.63, 3.8) is 0 Å². The summed E-state index contributed by atoms with van der Waals surface area (Å²) < 4.78 is 24.3. The third-order valence-corrected chi connectivity index (χ3v) is 6.01. The Morgan fingerprint density at radius 1 is 1.15 bits per heavy atom. The highest BCUT2D eigenvalue weighted by Gasteiger charge is 2.25. The number of hydrogen-bond acceptors (Lipinski definition) is 4. The van der Waals surface area contributed by atoms with Gasteiger partial charge in [-0.25, -0.2) is 8.42 Å². The van der Waals surface area contributed by atoms with Crippen LogP contribution in [0.4, 0.5) is 0 Å². The zero-order valence-corrected chi connectivity index (χ0v) is 16.5. The molecule has 0 saturated carbocycles. The normalized spacial score (nSPS) is 16.2. The van der Waals surface area contributed by atoms with Gasteiger partial charge in [0, 0.05) is 44.0 Å². The second-order valence-corrected chi connectivity index (χ2v) is 8.74. The van der Waals surface area contributed by atoms with Gasteiger partial charge in [-0.3, -0.25) is 9.59 Å². The molecule has 0 N–H and O–H groups in total. The maximum absolute atomic E-state index is 12.2. The first-order valence-corrected chi connectivity index (χ1v) is 10.6. The van der Waals surface area contributed by atoms with E-state index < -0.39 is 10.0 Å². The van der Waals surface area contributed by atoms with E-state index in [4.69, 9.17) is 11.6 Å². The number of aryl methyl sites for hydroxylation is 1. The van der Waals surface area contributed by atoms with Crippen molar-refractivity contribution in [2.75, 3.05) is 32.4 Å². The highest BCUT2D eigenvalue weighted by molar-refractivity contribution is 7.88. The summed E-state index contributed by atoms with van der Waals surface area (Å²) >= 11 is 6.05. The summed E-state index contributed by atoms with van der Waals surface area (Å²) in [7, 11) is -3.22. The van der Waals surface area contributed by atoms with Gasteiger partial charge in [0.2, 0.25) is 15.9 Å². The molecule has 1 heterocycles. The van der Waals surface area contributed by atoms with Gasteiger partial charge < -0.3 is 4.90 Å². The Balaban J connectivity index is 1.79. The molecule has 1 saturated heterocycles. The highest BCUT2D eigenvalue weighted by atomic mass is 35.5. The number of ketones is 1. The Hall–Kier alpha value is -1.70. The quantitative estimate of drug-likeness (QED) is 0.688. The fourth-order valence-electron chi connectivity index (χ4n) is 2.64. The van der Waals surface area contributed by atoms with Crippen LogP contribution < -0.4 is 0 Å². The van der Waals surface area contributed by atoms with E-state index in [1.807, 2.05) is 19.1 Å². The van der Waals surface area contributed by atoms with E-state index in [9.17, 15) is 18.0 Å². The molecule has 0 radical (unpaired) electrons. The molecule has 0 aliphatic carbocycles. The Kier molecular flexibility index (Phi) is 6.97. The molecule has 1 aliphatic rings. The van der Waals surface area contributed by atoms with Gasteiger partial charge in [-0.2, -0.15) is 4.31 Å². The van der Waals surface area contributed by atoms with Crippen LogP contribution in [0.5, 0.6) is 0 Å². The highest BCUT2D eigenvalue weighted by Crippen LogP contribution is 2.17. The Morgan fingerprint density at radius 2 is 1.81 bits per heavy atom. The van der Waals surface area contributed by atoms with Gasteiger partial charge in [0.05, 0.1) is 6.26 Å². The Bertz CT molecular complexity index is 812. The predicted molar refractivity (Wildman–Crippen MR) is 102 cm³/mol. The lowest BCUT2D eigenvalue weighted by atomic mass is 10.1. The molecule has 26 heavy (non-hydrogen) atoms. The molecule has 142 valence electrons. The van der Waals surface area contributed by atoms with Gasteiger partial charge in [0.25, 0.3) is 0 Å². The van der Waals surface area contributed by atoms with Gasteiger partial charge in [0.1, 0.15) is 0 Å². The van der Waals surface area contributed by atoms with Crippen LogP contribution in [0.1, 0.15) is 24.0 Å². The lowest BCUT2D eigenvalue weighted by Gasteiger charge is -2.33. The second-order valence-electron chi connectivity index (χ2n) is 6.35. The zero-order chi connectivity index (χ0) is 19.3. The van der Waals surface area contributed by atoms with E-state index in [0.29, 0.717) is 31.2 Å². The van der Waals surface area contributed by atoms with Crippen molar-refractivity contribution >= 4 is 39.4 Å². The van der Waals surface area contributed by atoms with Crippen molar-refractivity contribution in [2.24, 2.45) is 0 Å². The molecule has 1 fully saturated rings. The van der Waals surface area contributed by atoms with E-state index in [1.165, 1.54) is 10.4 Å². The van der Waals surface area contributed by atoms with Crippen molar-refractivity contribution < 1.29 is 18.0 Å². The van der Waals surface area contributed by atoms with Gasteiger partial charge in [-0.05, 0) is 30.2 Å². The summed E-state index contributed by atoms with van der Waals surface area (Å²) in [5.74, 6) is -0.261. The number of amides is 1. The number of hydrogen-bond donors (Lipinski definition) is 0. The first kappa shape index (κ1) is 20.6. The first-order valence-electron chi connectivity index (χ1n) is 8.37. The van der Waals surface area contributed by atoms with E-state index in [1.54, 1.807) is 17.0 Å². The number of benzene rings is 1. The van der Waals surface area contributed by atoms with E-state index >= 15 is 0 Å². The minimum absolute atomic E-state index is 0.122. The van der Waals surface area contributed by atoms with Gasteiger partial charge in [0.15, 0.2) is 5.78 Å².